The Morgan fingerprint density at radius 1 is 0.389 bits per heavy atom. The zero-order valence-electron chi connectivity index (χ0n) is 59.1. The molecule has 1 aliphatic heterocycles. The molecule has 1 fully saturated rings. The highest BCUT2D eigenvalue weighted by atomic mass is 16.7. The van der Waals surface area contributed by atoms with E-state index in [2.05, 4.69) is 55.6 Å². The van der Waals surface area contributed by atoms with Gasteiger partial charge in [-0.15, -0.1) is 0 Å². The van der Waals surface area contributed by atoms with Crippen molar-refractivity contribution in [2.45, 2.75) is 448 Å². The summed E-state index contributed by atoms with van der Waals surface area (Å²) in [5, 5.41) is 76.7. The molecule has 1 aliphatic rings. The number of hydrogen-bond acceptors (Lipinski definition) is 10. The number of rotatable bonds is 70. The lowest BCUT2D eigenvalue weighted by Crippen LogP contribution is -2.60. The second-order valence-corrected chi connectivity index (χ2v) is 27.8. The fraction of sp³-hybridized carbons (Fsp3) is 0.911. The summed E-state index contributed by atoms with van der Waals surface area (Å²) in [4.78, 5) is 13.3. The first kappa shape index (κ1) is 86.3. The lowest BCUT2D eigenvalue weighted by molar-refractivity contribution is -0.303. The SMILES string of the molecule is CCCCCCCCCCCCC/C=C\C/C=C\CCCCCCCCCCCCCCCCCCC(O)C(=O)NC(COC1OC(CO)C(O)C(O)C1O)C(O)C(O)CCC/C=C/CCCCCCCCCCCCCCCCCCCCCCCCCC. The van der Waals surface area contributed by atoms with E-state index in [4.69, 9.17) is 9.47 Å². The van der Waals surface area contributed by atoms with Crippen LogP contribution in [0.3, 0.4) is 0 Å². The molecule has 90 heavy (non-hydrogen) atoms. The third-order valence-corrected chi connectivity index (χ3v) is 19.2. The van der Waals surface area contributed by atoms with Crippen LogP contribution in [-0.2, 0) is 14.3 Å². The summed E-state index contributed by atoms with van der Waals surface area (Å²) < 4.78 is 11.2. The Labute approximate surface area is 556 Å². The molecule has 0 aromatic heterocycles. The quantitative estimate of drug-likeness (QED) is 0.0215. The molecule has 0 aromatic rings. The molecule has 0 aromatic carbocycles. The van der Waals surface area contributed by atoms with E-state index in [1.165, 1.54) is 308 Å². The molecule has 0 saturated carbocycles. The van der Waals surface area contributed by atoms with Crippen molar-refractivity contribution < 1.29 is 50.0 Å². The fourth-order valence-electron chi connectivity index (χ4n) is 12.9. The van der Waals surface area contributed by atoms with Crippen molar-refractivity contribution in [1.82, 2.24) is 5.32 Å². The number of aliphatic hydroxyl groups excluding tert-OH is 7. The van der Waals surface area contributed by atoms with E-state index in [0.717, 1.165) is 44.9 Å². The van der Waals surface area contributed by atoms with Gasteiger partial charge in [-0.1, -0.05) is 359 Å². The van der Waals surface area contributed by atoms with Gasteiger partial charge in [0.25, 0.3) is 0 Å². The van der Waals surface area contributed by atoms with Crippen LogP contribution in [0.25, 0.3) is 0 Å². The average molecular weight is 1280 g/mol. The molecule has 8 N–H and O–H groups in total. The monoisotopic (exact) mass is 1270 g/mol. The van der Waals surface area contributed by atoms with Crippen LogP contribution < -0.4 is 5.32 Å². The molecule has 1 heterocycles. The largest absolute Gasteiger partial charge is 0.394 e. The first-order valence-corrected chi connectivity index (χ1v) is 39.4. The number of amides is 1. The molecule has 0 radical (unpaired) electrons. The van der Waals surface area contributed by atoms with Gasteiger partial charge in [0.15, 0.2) is 6.29 Å². The van der Waals surface area contributed by atoms with Gasteiger partial charge >= 0.3 is 0 Å². The van der Waals surface area contributed by atoms with Crippen LogP contribution >= 0.6 is 0 Å². The van der Waals surface area contributed by atoms with Crippen LogP contribution in [0.2, 0.25) is 0 Å². The van der Waals surface area contributed by atoms with Crippen LogP contribution in [-0.4, -0.2) is 110 Å². The fourth-order valence-corrected chi connectivity index (χ4v) is 12.9. The Balaban J connectivity index is 2.16. The minimum Gasteiger partial charge on any atom is -0.394 e. The van der Waals surface area contributed by atoms with Crippen molar-refractivity contribution in [3.63, 3.8) is 0 Å². The maximum Gasteiger partial charge on any atom is 0.249 e. The van der Waals surface area contributed by atoms with Crippen molar-refractivity contribution in [1.29, 1.82) is 0 Å². The molecule has 532 valence electrons. The molecule has 9 atom stereocenters. The van der Waals surface area contributed by atoms with Gasteiger partial charge in [-0.3, -0.25) is 4.79 Å². The molecule has 9 unspecified atom stereocenters. The summed E-state index contributed by atoms with van der Waals surface area (Å²) in [7, 11) is 0. The van der Waals surface area contributed by atoms with Crippen LogP contribution in [0.15, 0.2) is 36.5 Å². The summed E-state index contributed by atoms with van der Waals surface area (Å²) in [5.41, 5.74) is 0. The van der Waals surface area contributed by atoms with E-state index >= 15 is 0 Å². The predicted octanol–water partition coefficient (Wildman–Crippen LogP) is 20.1. The lowest BCUT2D eigenvalue weighted by Gasteiger charge is -2.40. The van der Waals surface area contributed by atoms with Crippen molar-refractivity contribution in [2.75, 3.05) is 13.2 Å². The van der Waals surface area contributed by atoms with Gasteiger partial charge < -0.3 is 50.5 Å². The molecular weight excluding hydrogens is 1120 g/mol. The average Bonchev–Trinajstić information content (AvgIpc) is 1.22. The smallest absolute Gasteiger partial charge is 0.249 e. The van der Waals surface area contributed by atoms with E-state index in [1.54, 1.807) is 0 Å². The van der Waals surface area contributed by atoms with Crippen LogP contribution in [0.4, 0.5) is 0 Å². The Hall–Kier alpha value is -1.67. The van der Waals surface area contributed by atoms with Crippen LogP contribution in [0.1, 0.15) is 393 Å². The molecule has 1 rings (SSSR count). The predicted molar refractivity (Wildman–Crippen MR) is 381 cm³/mol. The number of carbonyl (C=O) groups excluding carboxylic acids is 1. The first-order chi connectivity index (χ1) is 44.2. The van der Waals surface area contributed by atoms with Crippen molar-refractivity contribution in [2.24, 2.45) is 0 Å². The molecule has 11 heteroatoms. The maximum atomic E-state index is 13.3. The van der Waals surface area contributed by atoms with E-state index in [-0.39, 0.29) is 12.8 Å². The third kappa shape index (κ3) is 53.6. The highest BCUT2D eigenvalue weighted by Gasteiger charge is 2.44. The second-order valence-electron chi connectivity index (χ2n) is 27.8. The van der Waals surface area contributed by atoms with Gasteiger partial charge in [0, 0.05) is 0 Å². The molecule has 0 bridgehead atoms. The second kappa shape index (κ2) is 67.3. The Kier molecular flexibility index (Phi) is 64.6. The summed E-state index contributed by atoms with van der Waals surface area (Å²) in [6.07, 6.45) is 76.9. The molecule has 0 spiro atoms. The van der Waals surface area contributed by atoms with Gasteiger partial charge in [0.2, 0.25) is 5.91 Å². The zero-order chi connectivity index (χ0) is 65.3. The van der Waals surface area contributed by atoms with Crippen molar-refractivity contribution in [3.05, 3.63) is 36.5 Å². The number of ether oxygens (including phenoxy) is 2. The van der Waals surface area contributed by atoms with E-state index in [1.807, 2.05) is 0 Å². The molecule has 1 amide bonds. The number of hydrogen-bond donors (Lipinski definition) is 8. The number of aliphatic hydroxyl groups is 7. The number of allylic oxidation sites excluding steroid dienone is 6. The van der Waals surface area contributed by atoms with Gasteiger partial charge in [-0.2, -0.15) is 0 Å². The normalized spacial score (nSPS) is 18.6. The highest BCUT2D eigenvalue weighted by Crippen LogP contribution is 2.24. The lowest BCUT2D eigenvalue weighted by atomic mass is 9.98. The van der Waals surface area contributed by atoms with E-state index in [9.17, 15) is 40.5 Å². The third-order valence-electron chi connectivity index (χ3n) is 19.2. The topological polar surface area (TPSA) is 189 Å². The van der Waals surface area contributed by atoms with Gasteiger partial charge in [0.05, 0.1) is 25.4 Å². The summed E-state index contributed by atoms with van der Waals surface area (Å²) in [5.74, 6) is -0.700. The Morgan fingerprint density at radius 2 is 0.689 bits per heavy atom. The summed E-state index contributed by atoms with van der Waals surface area (Å²) in [6.45, 7) is 3.51. The van der Waals surface area contributed by atoms with E-state index in [0.29, 0.717) is 12.8 Å². The Morgan fingerprint density at radius 3 is 1.02 bits per heavy atom. The standard InChI is InChI=1S/C79H151NO10/c1-3-5-7-9-11-13-15-17-19-21-23-25-27-29-31-33-34-35-36-37-39-41-43-45-47-49-51-53-55-57-59-61-63-65-67-72(83)78(88)80-70(69-89-79-77(87)76(86)75(85)73(68-81)90-79)74(84)71(82)66-64-62-60-58-56-54-52-50-48-46-44-42-40-38-32-30-28-26-24-22-20-18-16-14-12-10-8-6-4-2/h27,29,33-34,58,60,70-77,79,81-87H,3-26,28,30-32,35-57,59,61-69H2,1-2H3,(H,80,88)/b29-27-,34-33-,60-58+. The number of unbranched alkanes of at least 4 members (excludes halogenated alkanes) is 52. The van der Waals surface area contributed by atoms with Crippen molar-refractivity contribution in [3.8, 4) is 0 Å². The number of nitrogens with one attached hydrogen (secondary N) is 1. The minimum absolute atomic E-state index is 0.256. The van der Waals surface area contributed by atoms with Gasteiger partial charge in [0.1, 0.15) is 36.6 Å². The maximum absolute atomic E-state index is 13.3. The molecule has 0 aliphatic carbocycles. The zero-order valence-corrected chi connectivity index (χ0v) is 59.1. The van der Waals surface area contributed by atoms with Crippen LogP contribution in [0.5, 0.6) is 0 Å². The van der Waals surface area contributed by atoms with E-state index < -0.39 is 74.2 Å². The minimum atomic E-state index is -1.67. The molecular formula is C79H151NO10. The van der Waals surface area contributed by atoms with Crippen molar-refractivity contribution >= 4 is 5.91 Å². The summed E-state index contributed by atoms with van der Waals surface area (Å²) in [6, 6.07) is -1.19. The molecule has 1 saturated heterocycles. The van der Waals surface area contributed by atoms with Crippen LogP contribution in [0, 0.1) is 0 Å². The first-order valence-electron chi connectivity index (χ1n) is 39.4. The van der Waals surface area contributed by atoms with Gasteiger partial charge in [-0.05, 0) is 70.6 Å². The Bertz CT molecular complexity index is 1560. The summed E-state index contributed by atoms with van der Waals surface area (Å²) >= 11 is 0. The molecule has 11 nitrogen and oxygen atoms in total. The van der Waals surface area contributed by atoms with Gasteiger partial charge in [-0.25, -0.2) is 0 Å². The highest BCUT2D eigenvalue weighted by molar-refractivity contribution is 5.80. The number of carbonyl (C=O) groups is 1.